The molecule has 0 bridgehead atoms. The molecular formula is C17H15N3O2S. The molecule has 23 heavy (non-hydrogen) atoms. The van der Waals surface area contributed by atoms with Gasteiger partial charge in [-0.3, -0.25) is 0 Å². The second-order valence-corrected chi connectivity index (χ2v) is 5.79. The number of nitrogens with one attached hydrogen (secondary N) is 1. The van der Waals surface area contributed by atoms with Crippen molar-refractivity contribution in [3.05, 3.63) is 71.1 Å². The number of thiazole rings is 1. The minimum absolute atomic E-state index is 0.173. The number of nitrogens with two attached hydrogens (primary N) is 1. The Labute approximate surface area is 137 Å². The fraction of sp³-hybridized carbons (Fsp3) is 0.0588. The van der Waals surface area contributed by atoms with Crippen LogP contribution in [-0.4, -0.2) is 11.0 Å². The molecule has 1 aromatic heterocycles. The third-order valence-electron chi connectivity index (χ3n) is 3.08. The van der Waals surface area contributed by atoms with Gasteiger partial charge in [-0.05, 0) is 17.7 Å². The molecular weight excluding hydrogens is 310 g/mol. The van der Waals surface area contributed by atoms with E-state index in [9.17, 15) is 4.79 Å². The van der Waals surface area contributed by atoms with Crippen LogP contribution in [0.5, 0.6) is 0 Å². The molecule has 3 rings (SSSR count). The van der Waals surface area contributed by atoms with Crippen molar-refractivity contribution in [3.63, 3.8) is 0 Å². The summed E-state index contributed by atoms with van der Waals surface area (Å²) in [6.07, 6.45) is 0. The van der Waals surface area contributed by atoms with E-state index in [1.165, 1.54) is 11.3 Å². The number of nitrogens with zero attached hydrogens (tertiary/aromatic N) is 1. The first-order valence-electron chi connectivity index (χ1n) is 7.02. The standard InChI is InChI=1S/C17H15N3O2S/c18-15-14(16(21)22-11-12-7-3-1-4-8-12)23-17(20-15)19-13-9-5-2-6-10-13/h1-10H,11,18H2,(H,19,20). The van der Waals surface area contributed by atoms with Crippen LogP contribution >= 0.6 is 11.3 Å². The molecule has 0 amide bonds. The van der Waals surface area contributed by atoms with Crippen LogP contribution in [0.1, 0.15) is 15.2 Å². The van der Waals surface area contributed by atoms with Crippen LogP contribution in [0.25, 0.3) is 0 Å². The van der Waals surface area contributed by atoms with Crippen LogP contribution in [-0.2, 0) is 11.3 Å². The summed E-state index contributed by atoms with van der Waals surface area (Å²) in [5.41, 5.74) is 7.63. The number of hydrogen-bond donors (Lipinski definition) is 2. The van der Waals surface area contributed by atoms with Gasteiger partial charge in [-0.1, -0.05) is 59.9 Å². The van der Waals surface area contributed by atoms with Crippen molar-refractivity contribution >= 4 is 33.9 Å². The summed E-state index contributed by atoms with van der Waals surface area (Å²) in [4.78, 5) is 16.6. The van der Waals surface area contributed by atoms with Gasteiger partial charge >= 0.3 is 5.97 Å². The van der Waals surface area contributed by atoms with Crippen molar-refractivity contribution in [1.82, 2.24) is 4.98 Å². The molecule has 116 valence electrons. The molecule has 0 radical (unpaired) electrons. The number of ether oxygens (including phenoxy) is 1. The van der Waals surface area contributed by atoms with Gasteiger partial charge in [-0.2, -0.15) is 0 Å². The Balaban J connectivity index is 1.67. The van der Waals surface area contributed by atoms with E-state index in [4.69, 9.17) is 10.5 Å². The molecule has 0 saturated heterocycles. The Kier molecular flexibility index (Phi) is 4.54. The minimum atomic E-state index is -0.468. The summed E-state index contributed by atoms with van der Waals surface area (Å²) < 4.78 is 5.28. The number of carbonyl (C=O) groups excluding carboxylic acids is 1. The zero-order valence-electron chi connectivity index (χ0n) is 12.2. The Bertz CT molecular complexity index is 788. The maximum atomic E-state index is 12.1. The quantitative estimate of drug-likeness (QED) is 0.697. The molecule has 0 saturated carbocycles. The highest BCUT2D eigenvalue weighted by molar-refractivity contribution is 7.18. The predicted octanol–water partition coefficient (Wildman–Crippen LogP) is 3.83. The first kappa shape index (κ1) is 15.1. The summed E-state index contributed by atoms with van der Waals surface area (Å²) in [5.74, 6) is -0.295. The predicted molar refractivity (Wildman–Crippen MR) is 91.8 cm³/mol. The van der Waals surface area contributed by atoms with Gasteiger partial charge in [-0.25, -0.2) is 9.78 Å². The molecule has 1 heterocycles. The second-order valence-electron chi connectivity index (χ2n) is 4.79. The van der Waals surface area contributed by atoms with Crippen molar-refractivity contribution in [1.29, 1.82) is 0 Å². The Morgan fingerprint density at radius 2 is 1.74 bits per heavy atom. The zero-order chi connectivity index (χ0) is 16.1. The van der Waals surface area contributed by atoms with Crippen LogP contribution in [0, 0.1) is 0 Å². The van der Waals surface area contributed by atoms with Crippen molar-refractivity contribution < 1.29 is 9.53 Å². The maximum Gasteiger partial charge on any atom is 0.352 e. The highest BCUT2D eigenvalue weighted by Crippen LogP contribution is 2.28. The van der Waals surface area contributed by atoms with Gasteiger partial charge in [0.25, 0.3) is 0 Å². The van der Waals surface area contributed by atoms with Crippen LogP contribution in [0.3, 0.4) is 0 Å². The number of rotatable bonds is 5. The topological polar surface area (TPSA) is 77.2 Å². The SMILES string of the molecule is Nc1nc(Nc2ccccc2)sc1C(=O)OCc1ccccc1. The molecule has 2 aromatic carbocycles. The molecule has 0 aliphatic heterocycles. The lowest BCUT2D eigenvalue weighted by Gasteiger charge is -2.03. The number of esters is 1. The van der Waals surface area contributed by atoms with E-state index in [1.54, 1.807) is 0 Å². The fourth-order valence-corrected chi connectivity index (χ4v) is 2.76. The highest BCUT2D eigenvalue weighted by atomic mass is 32.1. The first-order chi connectivity index (χ1) is 11.2. The lowest BCUT2D eigenvalue weighted by Crippen LogP contribution is -2.05. The smallest absolute Gasteiger partial charge is 0.352 e. The second kappa shape index (κ2) is 6.93. The molecule has 0 aliphatic carbocycles. The molecule has 0 aliphatic rings. The van der Waals surface area contributed by atoms with Gasteiger partial charge in [-0.15, -0.1) is 0 Å². The van der Waals surface area contributed by atoms with Gasteiger partial charge in [0, 0.05) is 5.69 Å². The number of benzene rings is 2. The Morgan fingerprint density at radius 1 is 1.09 bits per heavy atom. The van der Waals surface area contributed by atoms with E-state index < -0.39 is 5.97 Å². The number of nitrogen functional groups attached to an aromatic ring is 1. The van der Waals surface area contributed by atoms with Crippen molar-refractivity contribution in [2.75, 3.05) is 11.1 Å². The van der Waals surface area contributed by atoms with E-state index in [2.05, 4.69) is 10.3 Å². The first-order valence-corrected chi connectivity index (χ1v) is 7.83. The number of hydrogen-bond acceptors (Lipinski definition) is 6. The van der Waals surface area contributed by atoms with Crippen molar-refractivity contribution in [2.24, 2.45) is 0 Å². The third-order valence-corrected chi connectivity index (χ3v) is 4.04. The average Bonchev–Trinajstić information content (AvgIpc) is 2.95. The summed E-state index contributed by atoms with van der Waals surface area (Å²) in [6, 6.07) is 19.1. The number of aromatic nitrogens is 1. The summed E-state index contributed by atoms with van der Waals surface area (Å²) >= 11 is 1.18. The molecule has 6 heteroatoms. The van der Waals surface area contributed by atoms with Crippen LogP contribution in [0.2, 0.25) is 0 Å². The van der Waals surface area contributed by atoms with Crippen molar-refractivity contribution in [2.45, 2.75) is 6.61 Å². The maximum absolute atomic E-state index is 12.1. The molecule has 3 aromatic rings. The number of anilines is 3. The number of carbonyl (C=O) groups is 1. The zero-order valence-corrected chi connectivity index (χ0v) is 13.0. The Hall–Kier alpha value is -2.86. The molecule has 5 nitrogen and oxygen atoms in total. The normalized spacial score (nSPS) is 10.3. The van der Waals surface area contributed by atoms with E-state index in [-0.39, 0.29) is 12.4 Å². The van der Waals surface area contributed by atoms with E-state index in [0.717, 1.165) is 11.3 Å². The van der Waals surface area contributed by atoms with Gasteiger partial charge < -0.3 is 15.8 Å². The fourth-order valence-electron chi connectivity index (χ4n) is 1.97. The largest absolute Gasteiger partial charge is 0.457 e. The lowest BCUT2D eigenvalue weighted by atomic mass is 10.2. The van der Waals surface area contributed by atoms with Gasteiger partial charge in [0.15, 0.2) is 15.8 Å². The van der Waals surface area contributed by atoms with Gasteiger partial charge in [0.1, 0.15) is 6.61 Å². The minimum Gasteiger partial charge on any atom is -0.457 e. The molecule has 0 atom stereocenters. The van der Waals surface area contributed by atoms with E-state index in [0.29, 0.717) is 10.0 Å². The van der Waals surface area contributed by atoms with E-state index >= 15 is 0 Å². The summed E-state index contributed by atoms with van der Waals surface area (Å²) in [7, 11) is 0. The van der Waals surface area contributed by atoms with Crippen LogP contribution in [0.15, 0.2) is 60.7 Å². The molecule has 0 fully saturated rings. The van der Waals surface area contributed by atoms with Crippen LogP contribution < -0.4 is 11.1 Å². The lowest BCUT2D eigenvalue weighted by molar-refractivity contribution is 0.0479. The Morgan fingerprint density at radius 3 is 2.43 bits per heavy atom. The van der Waals surface area contributed by atoms with Crippen molar-refractivity contribution in [3.8, 4) is 0 Å². The van der Waals surface area contributed by atoms with Gasteiger partial charge in [0.05, 0.1) is 0 Å². The molecule has 3 N–H and O–H groups in total. The molecule has 0 unspecified atom stereocenters. The summed E-state index contributed by atoms with van der Waals surface area (Å²) in [5, 5.41) is 3.67. The summed E-state index contributed by atoms with van der Waals surface area (Å²) in [6.45, 7) is 0.207. The highest BCUT2D eigenvalue weighted by Gasteiger charge is 2.17. The molecule has 0 spiro atoms. The van der Waals surface area contributed by atoms with E-state index in [1.807, 2.05) is 60.7 Å². The van der Waals surface area contributed by atoms with Crippen LogP contribution in [0.4, 0.5) is 16.6 Å². The number of para-hydroxylation sites is 1. The average molecular weight is 325 g/mol. The monoisotopic (exact) mass is 325 g/mol. The van der Waals surface area contributed by atoms with Gasteiger partial charge in [0.2, 0.25) is 0 Å². The third kappa shape index (κ3) is 3.87.